The third kappa shape index (κ3) is 2.32. The fourth-order valence-corrected chi connectivity index (χ4v) is 4.54. The first kappa shape index (κ1) is 17.4. The van der Waals surface area contributed by atoms with Gasteiger partial charge >= 0.3 is 0 Å². The highest BCUT2D eigenvalue weighted by atomic mass is 14.8. The van der Waals surface area contributed by atoms with Gasteiger partial charge in [-0.25, -0.2) is 0 Å². The molecule has 0 atom stereocenters. The molecule has 2 heterocycles. The van der Waals surface area contributed by atoms with Gasteiger partial charge in [0.05, 0.1) is 16.8 Å². The maximum atomic E-state index is 6.16. The zero-order chi connectivity index (χ0) is 20.2. The van der Waals surface area contributed by atoms with E-state index in [-0.39, 0.29) is 0 Å². The van der Waals surface area contributed by atoms with Crippen LogP contribution >= 0.6 is 0 Å². The number of nitrogens with zero attached hydrogens (tertiary/aromatic N) is 2. The number of aromatic nitrogens is 2. The Bertz CT molecular complexity index is 1160. The van der Waals surface area contributed by atoms with Crippen LogP contribution in [0.1, 0.15) is 33.4 Å². The number of nitrogen functional groups attached to an aromatic ring is 2. The zero-order valence-electron chi connectivity index (χ0n) is 16.5. The summed E-state index contributed by atoms with van der Waals surface area (Å²) in [5, 5.41) is 0. The molecule has 0 aliphatic heterocycles. The van der Waals surface area contributed by atoms with Crippen molar-refractivity contribution in [3.05, 3.63) is 106 Å². The highest BCUT2D eigenvalue weighted by Gasteiger charge is 2.47. The fraction of sp³-hybridized carbons (Fsp3) is 0.120. The normalized spacial score (nSPS) is 13.7. The Morgan fingerprint density at radius 2 is 1.10 bits per heavy atom. The molecule has 4 heteroatoms. The lowest BCUT2D eigenvalue weighted by Gasteiger charge is -2.34. The predicted octanol–water partition coefficient (Wildman–Crippen LogP) is 4.62. The smallest absolute Gasteiger partial charge is 0.0937 e. The van der Waals surface area contributed by atoms with Gasteiger partial charge in [-0.1, -0.05) is 36.4 Å². The van der Waals surface area contributed by atoms with Crippen LogP contribution in [0.25, 0.3) is 11.4 Å². The molecule has 2 aromatic heterocycles. The lowest BCUT2D eigenvalue weighted by molar-refractivity contribution is 0.763. The van der Waals surface area contributed by atoms with E-state index < -0.39 is 5.41 Å². The van der Waals surface area contributed by atoms with Gasteiger partial charge in [0.2, 0.25) is 0 Å². The number of hydrogen-bond acceptors (Lipinski definition) is 4. The third-order valence-corrected chi connectivity index (χ3v) is 6.05. The largest absolute Gasteiger partial charge is 0.399 e. The van der Waals surface area contributed by atoms with E-state index in [2.05, 4.69) is 36.4 Å². The van der Waals surface area contributed by atoms with Crippen LogP contribution in [0, 0.1) is 13.8 Å². The van der Waals surface area contributed by atoms with E-state index in [4.69, 9.17) is 21.4 Å². The van der Waals surface area contributed by atoms with Crippen LogP contribution in [0.2, 0.25) is 0 Å². The first-order valence-electron chi connectivity index (χ1n) is 9.68. The molecule has 2 aromatic carbocycles. The first-order valence-corrected chi connectivity index (χ1v) is 9.68. The maximum Gasteiger partial charge on any atom is 0.0937 e. The van der Waals surface area contributed by atoms with Gasteiger partial charge in [0.15, 0.2) is 0 Å². The Labute approximate surface area is 170 Å². The Kier molecular flexibility index (Phi) is 3.71. The van der Waals surface area contributed by atoms with Crippen LogP contribution in [0.4, 0.5) is 11.4 Å². The minimum Gasteiger partial charge on any atom is -0.399 e. The standard InChI is InChI=1S/C25H22N4/c1-15-13-17(7-9-21(15)26)25(18-8-10-22(27)16(2)14-18)19-5-3-11-28-23(19)24-20(25)6-4-12-29-24/h3-14H,26-27H2,1-2H3. The van der Waals surface area contributed by atoms with Gasteiger partial charge < -0.3 is 11.5 Å². The molecule has 0 unspecified atom stereocenters. The van der Waals surface area contributed by atoms with E-state index >= 15 is 0 Å². The SMILES string of the molecule is Cc1cc(C2(c3ccc(N)c(C)c3)c3cccnc3-c3ncccc32)ccc1N. The maximum absolute atomic E-state index is 6.16. The number of fused-ring (bicyclic) bond motifs is 3. The highest BCUT2D eigenvalue weighted by molar-refractivity contribution is 5.82. The van der Waals surface area contributed by atoms with Crippen LogP contribution in [0.5, 0.6) is 0 Å². The molecule has 0 radical (unpaired) electrons. The summed E-state index contributed by atoms with van der Waals surface area (Å²) in [5.41, 5.74) is 21.9. The number of anilines is 2. The summed E-state index contributed by atoms with van der Waals surface area (Å²) in [7, 11) is 0. The van der Waals surface area contributed by atoms with Crippen LogP contribution < -0.4 is 11.5 Å². The molecule has 0 bridgehead atoms. The monoisotopic (exact) mass is 378 g/mol. The minimum absolute atomic E-state index is 0.524. The number of benzene rings is 2. The third-order valence-electron chi connectivity index (χ3n) is 6.05. The average Bonchev–Trinajstić information content (AvgIpc) is 3.04. The number of aryl methyl sites for hydroxylation is 2. The average molecular weight is 378 g/mol. The second-order valence-corrected chi connectivity index (χ2v) is 7.69. The van der Waals surface area contributed by atoms with Gasteiger partial charge in [0.1, 0.15) is 0 Å². The molecule has 0 fully saturated rings. The summed E-state index contributed by atoms with van der Waals surface area (Å²) >= 11 is 0. The van der Waals surface area contributed by atoms with Crippen molar-refractivity contribution in [3.8, 4) is 11.4 Å². The van der Waals surface area contributed by atoms with Crippen molar-refractivity contribution in [1.29, 1.82) is 0 Å². The summed E-state index contributed by atoms with van der Waals surface area (Å²) in [6.45, 7) is 4.09. The highest BCUT2D eigenvalue weighted by Crippen LogP contribution is 2.55. The van der Waals surface area contributed by atoms with Crippen molar-refractivity contribution in [3.63, 3.8) is 0 Å². The molecule has 1 aliphatic carbocycles. The van der Waals surface area contributed by atoms with Crippen LogP contribution in [-0.4, -0.2) is 9.97 Å². The van der Waals surface area contributed by atoms with Crippen molar-refractivity contribution in [1.82, 2.24) is 9.97 Å². The lowest BCUT2D eigenvalue weighted by Crippen LogP contribution is -2.29. The number of pyridine rings is 2. The Balaban J connectivity index is 1.97. The first-order chi connectivity index (χ1) is 14.0. The van der Waals surface area contributed by atoms with E-state index in [0.29, 0.717) is 0 Å². The molecule has 4 nitrogen and oxygen atoms in total. The van der Waals surface area contributed by atoms with Crippen LogP contribution in [0.15, 0.2) is 73.1 Å². The summed E-state index contributed by atoms with van der Waals surface area (Å²) in [4.78, 5) is 9.43. The molecule has 0 spiro atoms. The Morgan fingerprint density at radius 3 is 1.52 bits per heavy atom. The van der Waals surface area contributed by atoms with Crippen molar-refractivity contribution in [2.45, 2.75) is 19.3 Å². The molecule has 142 valence electrons. The lowest BCUT2D eigenvalue weighted by atomic mass is 9.67. The van der Waals surface area contributed by atoms with Gasteiger partial charge in [0.25, 0.3) is 0 Å². The predicted molar refractivity (Wildman–Crippen MR) is 118 cm³/mol. The van der Waals surface area contributed by atoms with Gasteiger partial charge in [0, 0.05) is 23.8 Å². The number of nitrogens with two attached hydrogens (primary N) is 2. The van der Waals surface area contributed by atoms with Crippen LogP contribution in [-0.2, 0) is 5.41 Å². The summed E-state index contributed by atoms with van der Waals surface area (Å²) in [5.74, 6) is 0. The minimum atomic E-state index is -0.524. The summed E-state index contributed by atoms with van der Waals surface area (Å²) in [6.07, 6.45) is 3.66. The fourth-order valence-electron chi connectivity index (χ4n) is 4.54. The van der Waals surface area contributed by atoms with E-state index in [1.54, 1.807) is 0 Å². The summed E-state index contributed by atoms with van der Waals surface area (Å²) in [6, 6.07) is 20.9. The van der Waals surface area contributed by atoms with Gasteiger partial charge in [-0.15, -0.1) is 0 Å². The van der Waals surface area contributed by atoms with E-state index in [0.717, 1.165) is 56.1 Å². The summed E-state index contributed by atoms with van der Waals surface area (Å²) < 4.78 is 0. The molecule has 1 aliphatic rings. The van der Waals surface area contributed by atoms with Crippen molar-refractivity contribution >= 4 is 11.4 Å². The van der Waals surface area contributed by atoms with E-state index in [1.807, 2.05) is 50.5 Å². The van der Waals surface area contributed by atoms with Crippen LogP contribution in [0.3, 0.4) is 0 Å². The molecule has 5 rings (SSSR count). The zero-order valence-corrected chi connectivity index (χ0v) is 16.5. The molecular weight excluding hydrogens is 356 g/mol. The van der Waals surface area contributed by atoms with Gasteiger partial charge in [-0.3, -0.25) is 9.97 Å². The number of rotatable bonds is 2. The van der Waals surface area contributed by atoms with Gasteiger partial charge in [-0.05, 0) is 71.5 Å². The Morgan fingerprint density at radius 1 is 0.655 bits per heavy atom. The van der Waals surface area contributed by atoms with E-state index in [1.165, 1.54) is 0 Å². The molecule has 29 heavy (non-hydrogen) atoms. The quantitative estimate of drug-likeness (QED) is 0.439. The second kappa shape index (κ2) is 6.17. The van der Waals surface area contributed by atoms with Crippen molar-refractivity contribution < 1.29 is 0 Å². The molecule has 0 saturated carbocycles. The van der Waals surface area contributed by atoms with E-state index in [9.17, 15) is 0 Å². The van der Waals surface area contributed by atoms with Crippen molar-refractivity contribution in [2.75, 3.05) is 11.5 Å². The molecule has 4 N–H and O–H groups in total. The van der Waals surface area contributed by atoms with Crippen molar-refractivity contribution in [2.24, 2.45) is 0 Å². The number of hydrogen-bond donors (Lipinski definition) is 2. The second-order valence-electron chi connectivity index (χ2n) is 7.69. The Hall–Kier alpha value is -3.66. The topological polar surface area (TPSA) is 77.8 Å². The molecule has 0 amide bonds. The molecule has 4 aromatic rings. The molecule has 0 saturated heterocycles. The van der Waals surface area contributed by atoms with Gasteiger partial charge in [-0.2, -0.15) is 0 Å². The molecular formula is C25H22N4.